The van der Waals surface area contributed by atoms with Crippen LogP contribution in [-0.4, -0.2) is 62.5 Å². The summed E-state index contributed by atoms with van der Waals surface area (Å²) in [5.74, 6) is 0.676. The molecule has 1 N–H and O–H groups in total. The minimum Gasteiger partial charge on any atom is -0.342 e. The molecule has 1 spiro atoms. The Morgan fingerprint density at radius 3 is 2.77 bits per heavy atom. The van der Waals surface area contributed by atoms with Crippen LogP contribution in [0.25, 0.3) is 11.0 Å². The van der Waals surface area contributed by atoms with Crippen LogP contribution in [0.4, 0.5) is 5.82 Å². The first kappa shape index (κ1) is 19.5. The number of likely N-dealkylation sites (tertiary alicyclic amines) is 1. The van der Waals surface area contributed by atoms with E-state index in [-0.39, 0.29) is 17.9 Å². The summed E-state index contributed by atoms with van der Waals surface area (Å²) in [5.41, 5.74) is 1.83. The molecule has 9 nitrogen and oxygen atoms in total. The van der Waals surface area contributed by atoms with E-state index in [1.165, 1.54) is 0 Å². The molecule has 2 amide bonds. The van der Waals surface area contributed by atoms with E-state index in [0.717, 1.165) is 11.0 Å². The summed E-state index contributed by atoms with van der Waals surface area (Å²) in [5, 5.41) is 11.6. The zero-order valence-corrected chi connectivity index (χ0v) is 17.7. The number of hydrogen-bond acceptors (Lipinski definition) is 6. The first-order chi connectivity index (χ1) is 15.0. The number of pyridine rings is 1. The topological polar surface area (TPSA) is 96.2 Å². The van der Waals surface area contributed by atoms with Gasteiger partial charge in [0, 0.05) is 45.6 Å². The molecule has 160 valence electrons. The van der Waals surface area contributed by atoms with Gasteiger partial charge in [0.2, 0.25) is 5.91 Å². The summed E-state index contributed by atoms with van der Waals surface area (Å²) in [7, 11) is 1.96. The van der Waals surface area contributed by atoms with E-state index in [0.29, 0.717) is 43.7 Å². The number of benzene rings is 1. The fourth-order valence-electron chi connectivity index (χ4n) is 4.67. The smallest absolute Gasteiger partial charge is 0.256 e. The van der Waals surface area contributed by atoms with E-state index in [4.69, 9.17) is 0 Å². The van der Waals surface area contributed by atoms with Gasteiger partial charge in [0.15, 0.2) is 0 Å². The highest BCUT2D eigenvalue weighted by Gasteiger charge is 2.45. The molecule has 1 saturated heterocycles. The van der Waals surface area contributed by atoms with Crippen molar-refractivity contribution >= 4 is 28.7 Å². The summed E-state index contributed by atoms with van der Waals surface area (Å²) >= 11 is 0. The zero-order valence-electron chi connectivity index (χ0n) is 17.7. The fourth-order valence-corrected chi connectivity index (χ4v) is 4.67. The van der Waals surface area contributed by atoms with E-state index in [1.807, 2.05) is 47.8 Å². The summed E-state index contributed by atoms with van der Waals surface area (Å²) in [6.45, 7) is 3.15. The molecule has 1 unspecified atom stereocenters. The van der Waals surface area contributed by atoms with Crippen LogP contribution in [0.1, 0.15) is 42.6 Å². The van der Waals surface area contributed by atoms with Crippen molar-refractivity contribution in [3.63, 3.8) is 0 Å². The summed E-state index contributed by atoms with van der Waals surface area (Å²) in [6, 6.07) is 11.2. The molecular weight excluding hydrogens is 394 g/mol. The molecule has 2 aromatic heterocycles. The molecule has 5 rings (SSSR count). The highest BCUT2D eigenvalue weighted by atomic mass is 16.2. The SMILES string of the molecule is CC(CC(=O)N1CCC2(CC1)NC(=O)c1cccnc1N2C)n1nnc2ccccc21. The average molecular weight is 419 g/mol. The number of carbonyl (C=O) groups excluding carboxylic acids is 2. The van der Waals surface area contributed by atoms with Gasteiger partial charge in [-0.3, -0.25) is 9.59 Å². The Hall–Kier alpha value is -3.49. The van der Waals surface area contributed by atoms with Gasteiger partial charge in [-0.15, -0.1) is 5.10 Å². The second-order valence-corrected chi connectivity index (χ2v) is 8.38. The second kappa shape index (κ2) is 7.33. The number of rotatable bonds is 3. The third kappa shape index (κ3) is 3.20. The lowest BCUT2D eigenvalue weighted by Crippen LogP contribution is -2.67. The van der Waals surface area contributed by atoms with Crippen LogP contribution in [0.5, 0.6) is 0 Å². The largest absolute Gasteiger partial charge is 0.342 e. The quantitative estimate of drug-likeness (QED) is 0.697. The molecule has 1 atom stereocenters. The molecule has 31 heavy (non-hydrogen) atoms. The zero-order chi connectivity index (χ0) is 21.6. The van der Waals surface area contributed by atoms with E-state index < -0.39 is 5.66 Å². The third-order valence-corrected chi connectivity index (χ3v) is 6.55. The number of aromatic nitrogens is 4. The first-order valence-electron chi connectivity index (χ1n) is 10.6. The highest BCUT2D eigenvalue weighted by Crippen LogP contribution is 2.35. The van der Waals surface area contributed by atoms with E-state index in [9.17, 15) is 9.59 Å². The lowest BCUT2D eigenvalue weighted by atomic mass is 9.91. The van der Waals surface area contributed by atoms with Crippen molar-refractivity contribution in [1.29, 1.82) is 0 Å². The van der Waals surface area contributed by atoms with E-state index in [2.05, 4.69) is 25.5 Å². The normalized spacial score (nSPS) is 18.7. The molecule has 0 bridgehead atoms. The number of piperidine rings is 1. The Kier molecular flexibility index (Phi) is 4.60. The minimum absolute atomic E-state index is 0.0882. The van der Waals surface area contributed by atoms with Crippen molar-refractivity contribution in [1.82, 2.24) is 30.2 Å². The van der Waals surface area contributed by atoms with Gasteiger partial charge in [-0.1, -0.05) is 17.3 Å². The van der Waals surface area contributed by atoms with Gasteiger partial charge in [0.25, 0.3) is 5.91 Å². The number of nitrogens with zero attached hydrogens (tertiary/aromatic N) is 6. The van der Waals surface area contributed by atoms with E-state index >= 15 is 0 Å². The molecule has 9 heteroatoms. The Morgan fingerprint density at radius 2 is 1.97 bits per heavy atom. The number of carbonyl (C=O) groups is 2. The van der Waals surface area contributed by atoms with Crippen LogP contribution in [0.15, 0.2) is 42.6 Å². The van der Waals surface area contributed by atoms with Crippen LogP contribution in [0.2, 0.25) is 0 Å². The summed E-state index contributed by atoms with van der Waals surface area (Å²) in [4.78, 5) is 34.0. The maximum absolute atomic E-state index is 13.0. The van der Waals surface area contributed by atoms with Gasteiger partial charge in [-0.2, -0.15) is 0 Å². The van der Waals surface area contributed by atoms with Crippen LogP contribution in [0.3, 0.4) is 0 Å². The maximum Gasteiger partial charge on any atom is 0.256 e. The van der Waals surface area contributed by atoms with Crippen molar-refractivity contribution in [2.45, 2.75) is 37.9 Å². The number of anilines is 1. The average Bonchev–Trinajstić information content (AvgIpc) is 3.22. The number of nitrogens with one attached hydrogen (secondary N) is 1. The fraction of sp³-hybridized carbons (Fsp3) is 0.409. The molecule has 0 radical (unpaired) electrons. The molecular formula is C22H25N7O2. The molecule has 2 aliphatic rings. The monoisotopic (exact) mass is 419 g/mol. The Balaban J connectivity index is 1.26. The summed E-state index contributed by atoms with van der Waals surface area (Å²) < 4.78 is 1.82. The third-order valence-electron chi connectivity index (χ3n) is 6.55. The Bertz CT molecular complexity index is 1150. The van der Waals surface area contributed by atoms with Crippen LogP contribution < -0.4 is 10.2 Å². The van der Waals surface area contributed by atoms with Crippen molar-refractivity contribution < 1.29 is 9.59 Å². The molecule has 1 aromatic carbocycles. The minimum atomic E-state index is -0.511. The highest BCUT2D eigenvalue weighted by molar-refractivity contribution is 6.01. The Labute approximate surface area is 180 Å². The van der Waals surface area contributed by atoms with Crippen molar-refractivity contribution in [3.05, 3.63) is 48.2 Å². The lowest BCUT2D eigenvalue weighted by Gasteiger charge is -2.50. The van der Waals surface area contributed by atoms with Gasteiger partial charge >= 0.3 is 0 Å². The number of hydrogen-bond donors (Lipinski definition) is 1. The number of para-hydroxylation sites is 1. The van der Waals surface area contributed by atoms with Gasteiger partial charge in [0.05, 0.1) is 17.1 Å². The predicted molar refractivity (Wildman–Crippen MR) is 116 cm³/mol. The van der Waals surface area contributed by atoms with Crippen LogP contribution in [0, 0.1) is 0 Å². The maximum atomic E-state index is 13.0. The van der Waals surface area contributed by atoms with Gasteiger partial charge in [0.1, 0.15) is 17.0 Å². The van der Waals surface area contributed by atoms with Crippen molar-refractivity contribution in [3.8, 4) is 0 Å². The van der Waals surface area contributed by atoms with Gasteiger partial charge < -0.3 is 15.1 Å². The number of amides is 2. The van der Waals surface area contributed by atoms with Gasteiger partial charge in [-0.25, -0.2) is 9.67 Å². The van der Waals surface area contributed by atoms with Crippen molar-refractivity contribution in [2.24, 2.45) is 0 Å². The molecule has 0 saturated carbocycles. The first-order valence-corrected chi connectivity index (χ1v) is 10.6. The lowest BCUT2D eigenvalue weighted by molar-refractivity contribution is -0.133. The standard InChI is InChI=1S/C22H25N7O2/c1-15(29-18-8-4-3-7-17(18)25-26-29)14-19(30)28-12-9-22(10-13-28)24-21(31)16-6-5-11-23-20(16)27(22)2/h3-8,11,15H,9-10,12-14H2,1-2H3,(H,24,31). The number of fused-ring (bicyclic) bond motifs is 2. The molecule has 0 aliphatic carbocycles. The summed E-state index contributed by atoms with van der Waals surface area (Å²) in [6.07, 6.45) is 3.36. The van der Waals surface area contributed by atoms with Crippen LogP contribution >= 0.6 is 0 Å². The van der Waals surface area contributed by atoms with Gasteiger partial charge in [-0.05, 0) is 31.2 Å². The molecule has 2 aliphatic heterocycles. The van der Waals surface area contributed by atoms with E-state index in [1.54, 1.807) is 18.3 Å². The molecule has 3 aromatic rings. The Morgan fingerprint density at radius 1 is 1.19 bits per heavy atom. The second-order valence-electron chi connectivity index (χ2n) is 8.38. The van der Waals surface area contributed by atoms with Crippen molar-refractivity contribution in [2.75, 3.05) is 25.0 Å². The molecule has 1 fully saturated rings. The molecule has 4 heterocycles. The van der Waals surface area contributed by atoms with Crippen LogP contribution in [-0.2, 0) is 4.79 Å². The predicted octanol–water partition coefficient (Wildman–Crippen LogP) is 1.98.